The molecule has 1 saturated carbocycles. The normalized spacial score (nSPS) is 13.9. The van der Waals surface area contributed by atoms with Gasteiger partial charge in [0.1, 0.15) is 11.1 Å². The lowest BCUT2D eigenvalue weighted by atomic mass is 10.1. The fraction of sp³-hybridized carbons (Fsp3) is 0.536. The van der Waals surface area contributed by atoms with Crippen molar-refractivity contribution in [3.63, 3.8) is 0 Å². The van der Waals surface area contributed by atoms with Crippen LogP contribution in [0.15, 0.2) is 40.2 Å². The van der Waals surface area contributed by atoms with E-state index >= 15 is 0 Å². The third kappa shape index (κ3) is 7.63. The second-order valence-corrected chi connectivity index (χ2v) is 13.1. The number of aromatic nitrogens is 2. The van der Waals surface area contributed by atoms with Gasteiger partial charge in [0.15, 0.2) is 0 Å². The first-order chi connectivity index (χ1) is 18.7. The van der Waals surface area contributed by atoms with Crippen LogP contribution in [0.5, 0.6) is 0 Å². The lowest BCUT2D eigenvalue weighted by molar-refractivity contribution is -0.305. The van der Waals surface area contributed by atoms with Crippen molar-refractivity contribution in [1.29, 1.82) is 0 Å². The van der Waals surface area contributed by atoms with Crippen LogP contribution in [0, 0.1) is 0 Å². The molecule has 40 heavy (non-hydrogen) atoms. The van der Waals surface area contributed by atoms with Gasteiger partial charge in [0.05, 0.1) is 4.90 Å². The maximum atomic E-state index is 13.7. The molecule has 1 aliphatic rings. The maximum Gasteiger partial charge on any atom is 0.410 e. The number of sulfonamides is 1. The van der Waals surface area contributed by atoms with E-state index in [-0.39, 0.29) is 42.0 Å². The Kier molecular flexibility index (Phi) is 9.68. The first kappa shape index (κ1) is 31.2. The fourth-order valence-corrected chi connectivity index (χ4v) is 5.97. The van der Waals surface area contributed by atoms with Gasteiger partial charge in [0.2, 0.25) is 10.0 Å². The summed E-state index contributed by atoms with van der Waals surface area (Å²) in [6.45, 7) is 11.4. The molecule has 0 unspecified atom stereocenters. The smallest absolute Gasteiger partial charge is 0.410 e. The molecule has 1 fully saturated rings. The van der Waals surface area contributed by atoms with Gasteiger partial charge in [-0.25, -0.2) is 13.2 Å². The van der Waals surface area contributed by atoms with Crippen LogP contribution >= 0.6 is 0 Å². The van der Waals surface area contributed by atoms with E-state index in [9.17, 15) is 27.9 Å². The molecular formula is C28H39N4O7S-. The van der Waals surface area contributed by atoms with E-state index in [0.29, 0.717) is 28.2 Å². The van der Waals surface area contributed by atoms with Crippen LogP contribution in [0.3, 0.4) is 0 Å². The number of benzene rings is 1. The number of rotatable bonds is 9. The summed E-state index contributed by atoms with van der Waals surface area (Å²) < 4.78 is 34.4. The summed E-state index contributed by atoms with van der Waals surface area (Å²) in [4.78, 5) is 41.8. The average Bonchev–Trinajstić information content (AvgIpc) is 3.54. The van der Waals surface area contributed by atoms with E-state index in [0.717, 1.165) is 12.8 Å². The highest BCUT2D eigenvalue weighted by molar-refractivity contribution is 7.89. The number of pyridine rings is 1. The van der Waals surface area contributed by atoms with Crippen molar-refractivity contribution in [1.82, 2.24) is 19.2 Å². The number of nitrogens with one attached hydrogen (secondary N) is 2. The van der Waals surface area contributed by atoms with Crippen molar-refractivity contribution < 1.29 is 27.9 Å². The molecule has 1 aliphatic carbocycles. The number of amides is 1. The Labute approximate surface area is 234 Å². The summed E-state index contributed by atoms with van der Waals surface area (Å²) in [5.41, 5.74) is 0.0943. The van der Waals surface area contributed by atoms with Crippen molar-refractivity contribution >= 4 is 43.9 Å². The molecule has 1 amide bonds. The van der Waals surface area contributed by atoms with Crippen LogP contribution in [0.25, 0.3) is 21.8 Å². The van der Waals surface area contributed by atoms with E-state index in [4.69, 9.17) is 4.74 Å². The summed E-state index contributed by atoms with van der Waals surface area (Å²) in [5.74, 6) is -0.961. The maximum absolute atomic E-state index is 13.7. The number of ether oxygens (including phenoxy) is 1. The lowest BCUT2D eigenvalue weighted by Crippen LogP contribution is -2.46. The SMILES string of the molecule is CC(C)N(CCN(C1CC1)S(=O)(=O)c1ccc2[nH]c(=O)c3[nH]ccc3c2c1)C(=O)OC(C)(C)C.CCCC(=O)[O-]. The first-order valence-electron chi connectivity index (χ1n) is 13.5. The molecule has 0 saturated heterocycles. The van der Waals surface area contributed by atoms with E-state index < -0.39 is 27.7 Å². The van der Waals surface area contributed by atoms with Gasteiger partial charge in [-0.2, -0.15) is 4.31 Å². The Bertz CT molecular complexity index is 1510. The number of hydrogen-bond acceptors (Lipinski definition) is 7. The van der Waals surface area contributed by atoms with E-state index in [2.05, 4.69) is 9.97 Å². The molecule has 1 aromatic carbocycles. The van der Waals surface area contributed by atoms with Gasteiger partial charge in [-0.1, -0.05) is 13.3 Å². The molecular weight excluding hydrogens is 536 g/mol. The van der Waals surface area contributed by atoms with Crippen molar-refractivity contribution in [3.05, 3.63) is 40.8 Å². The Morgan fingerprint density at radius 3 is 2.33 bits per heavy atom. The molecule has 4 rings (SSSR count). The quantitative estimate of drug-likeness (QED) is 0.396. The van der Waals surface area contributed by atoms with Crippen molar-refractivity contribution in [2.45, 2.75) is 89.8 Å². The third-order valence-corrected chi connectivity index (χ3v) is 8.28. The number of carbonyl (C=O) groups excluding carboxylic acids is 2. The molecule has 0 atom stereocenters. The van der Waals surface area contributed by atoms with Gasteiger partial charge in [-0.3, -0.25) is 4.79 Å². The fourth-order valence-electron chi connectivity index (χ4n) is 4.27. The minimum atomic E-state index is -3.82. The zero-order valence-corrected chi connectivity index (χ0v) is 24.8. The molecule has 3 aromatic rings. The summed E-state index contributed by atoms with van der Waals surface area (Å²) in [7, 11) is -3.82. The van der Waals surface area contributed by atoms with Crippen LogP contribution in [0.2, 0.25) is 0 Å². The molecule has 0 spiro atoms. The summed E-state index contributed by atoms with van der Waals surface area (Å²) in [5, 5.41) is 10.8. The number of carboxylic acids is 1. The van der Waals surface area contributed by atoms with Crippen molar-refractivity contribution in [2.75, 3.05) is 13.1 Å². The molecule has 2 N–H and O–H groups in total. The minimum Gasteiger partial charge on any atom is -0.550 e. The Morgan fingerprint density at radius 2 is 1.80 bits per heavy atom. The van der Waals surface area contributed by atoms with Crippen LogP contribution in [0.1, 0.15) is 67.2 Å². The topological polar surface area (TPSA) is 156 Å². The Hall–Kier alpha value is -3.38. The number of fused-ring (bicyclic) bond motifs is 3. The van der Waals surface area contributed by atoms with Crippen LogP contribution in [0.4, 0.5) is 4.79 Å². The lowest BCUT2D eigenvalue weighted by Gasteiger charge is -2.32. The van der Waals surface area contributed by atoms with Crippen LogP contribution in [-0.4, -0.2) is 70.4 Å². The zero-order valence-electron chi connectivity index (χ0n) is 23.9. The van der Waals surface area contributed by atoms with Gasteiger partial charge in [0.25, 0.3) is 5.56 Å². The number of hydrogen-bond donors (Lipinski definition) is 2. The monoisotopic (exact) mass is 575 g/mol. The van der Waals surface area contributed by atoms with Gasteiger partial charge >= 0.3 is 6.09 Å². The van der Waals surface area contributed by atoms with E-state index in [1.807, 2.05) is 13.8 Å². The predicted octanol–water partition coefficient (Wildman–Crippen LogP) is 3.34. The highest BCUT2D eigenvalue weighted by Crippen LogP contribution is 2.33. The molecule has 2 heterocycles. The second kappa shape index (κ2) is 12.4. The number of carbonyl (C=O) groups is 2. The molecule has 2 aromatic heterocycles. The number of aliphatic carboxylic acids is 1. The standard InChI is InChI=1S/C24H32N4O5S.C4H8O2/c1-15(2)27(23(30)33-24(3,4)5)12-13-28(16-6-7-16)34(31,32)17-8-9-20-19(14-17)18-10-11-25-21(18)22(29)26-20;1-2-3-4(5)6/h8-11,14-16,25H,6-7,12-13H2,1-5H3,(H,26,29);2-3H2,1H3,(H,5,6)/p-1. The largest absolute Gasteiger partial charge is 0.550 e. The summed E-state index contributed by atoms with van der Waals surface area (Å²) >= 11 is 0. The number of aromatic amines is 2. The summed E-state index contributed by atoms with van der Waals surface area (Å²) in [6, 6.07) is 6.30. The van der Waals surface area contributed by atoms with Gasteiger partial charge in [0, 0.05) is 53.6 Å². The molecule has 0 aliphatic heterocycles. The van der Waals surface area contributed by atoms with Crippen LogP contribution in [-0.2, 0) is 19.6 Å². The van der Waals surface area contributed by atoms with Crippen molar-refractivity contribution in [3.8, 4) is 0 Å². The minimum absolute atomic E-state index is 0.0868. The zero-order chi connectivity index (χ0) is 29.8. The van der Waals surface area contributed by atoms with E-state index in [1.54, 1.807) is 57.0 Å². The Balaban J connectivity index is 0.000000663. The second-order valence-electron chi connectivity index (χ2n) is 11.2. The van der Waals surface area contributed by atoms with Gasteiger partial charge in [-0.15, -0.1) is 0 Å². The molecule has 11 nitrogen and oxygen atoms in total. The average molecular weight is 576 g/mol. The van der Waals surface area contributed by atoms with E-state index in [1.165, 1.54) is 10.4 Å². The highest BCUT2D eigenvalue weighted by atomic mass is 32.2. The number of nitrogens with zero attached hydrogens (tertiary/aromatic N) is 2. The third-order valence-electron chi connectivity index (χ3n) is 6.33. The molecule has 12 heteroatoms. The first-order valence-corrected chi connectivity index (χ1v) is 14.9. The van der Waals surface area contributed by atoms with Crippen LogP contribution < -0.4 is 10.7 Å². The molecule has 220 valence electrons. The predicted molar refractivity (Wildman–Crippen MR) is 151 cm³/mol. The number of H-pyrrole nitrogens is 2. The van der Waals surface area contributed by atoms with Crippen molar-refractivity contribution in [2.24, 2.45) is 0 Å². The van der Waals surface area contributed by atoms with Gasteiger partial charge in [-0.05, 0) is 78.1 Å². The molecule has 0 bridgehead atoms. The van der Waals surface area contributed by atoms with Gasteiger partial charge < -0.3 is 29.5 Å². The number of carboxylic acid groups (broad SMARTS) is 1. The Morgan fingerprint density at radius 1 is 1.12 bits per heavy atom. The highest BCUT2D eigenvalue weighted by Gasteiger charge is 2.39. The summed E-state index contributed by atoms with van der Waals surface area (Å²) in [6.07, 6.45) is 3.63. The molecule has 0 radical (unpaired) electrons.